The predicted octanol–water partition coefficient (Wildman–Crippen LogP) is 11.8. The monoisotopic (exact) mass is 587 g/mol. The number of benzene rings is 5. The van der Waals surface area contributed by atoms with E-state index in [0.717, 1.165) is 21.5 Å². The summed E-state index contributed by atoms with van der Waals surface area (Å²) in [4.78, 5) is 2.40. The molecule has 0 aliphatic carbocycles. The summed E-state index contributed by atoms with van der Waals surface area (Å²) in [7, 11) is 0. The third-order valence-corrected chi connectivity index (χ3v) is 8.03. The van der Waals surface area contributed by atoms with Crippen LogP contribution in [-0.2, 0) is 10.8 Å². The molecule has 0 N–H and O–H groups in total. The molecule has 0 bridgehead atoms. The Hall–Kier alpha value is -3.62. The molecule has 5 aromatic carbocycles. The van der Waals surface area contributed by atoms with Crippen LogP contribution in [0.3, 0.4) is 0 Å². The fourth-order valence-corrected chi connectivity index (χ4v) is 5.39. The maximum absolute atomic E-state index is 3.64. The molecule has 0 fully saturated rings. The molecule has 0 unspecified atom stereocenters. The van der Waals surface area contributed by atoms with Crippen molar-refractivity contribution in [1.29, 1.82) is 0 Å². The van der Waals surface area contributed by atoms with Crippen LogP contribution in [0.4, 0.5) is 17.1 Å². The van der Waals surface area contributed by atoms with Gasteiger partial charge in [-0.15, -0.1) is 0 Å². The van der Waals surface area contributed by atoms with Crippen molar-refractivity contribution in [3.05, 3.63) is 137 Å². The summed E-state index contributed by atoms with van der Waals surface area (Å²) in [6.07, 6.45) is 0. The summed E-state index contributed by atoms with van der Waals surface area (Å²) in [5, 5.41) is 0. The molecule has 0 aromatic heterocycles. The Morgan fingerprint density at radius 1 is 0.450 bits per heavy atom. The molecule has 0 radical (unpaired) electrons. The van der Waals surface area contributed by atoms with E-state index in [0.29, 0.717) is 0 Å². The maximum Gasteiger partial charge on any atom is 0.0540 e. The van der Waals surface area contributed by atoms with Gasteiger partial charge in [-0.3, -0.25) is 0 Å². The minimum absolute atomic E-state index is 0.114. The first-order chi connectivity index (χ1) is 19.0. The molecule has 0 atom stereocenters. The lowest BCUT2D eigenvalue weighted by Crippen LogP contribution is -2.13. The number of hydrogen-bond acceptors (Lipinski definition) is 1. The fraction of sp³-hybridized carbons (Fsp3) is 0.211. The van der Waals surface area contributed by atoms with E-state index < -0.39 is 0 Å². The van der Waals surface area contributed by atoms with Gasteiger partial charge < -0.3 is 4.90 Å². The molecular formula is C38H38BrN. The Morgan fingerprint density at radius 3 is 1.20 bits per heavy atom. The lowest BCUT2D eigenvalue weighted by atomic mass is 9.86. The van der Waals surface area contributed by atoms with Crippen LogP contribution in [0.1, 0.15) is 52.7 Å². The van der Waals surface area contributed by atoms with E-state index in [9.17, 15) is 0 Å². The highest BCUT2D eigenvalue weighted by atomic mass is 79.9. The fourth-order valence-electron chi connectivity index (χ4n) is 5.12. The van der Waals surface area contributed by atoms with E-state index >= 15 is 0 Å². The van der Waals surface area contributed by atoms with Crippen molar-refractivity contribution in [2.75, 3.05) is 4.90 Å². The van der Waals surface area contributed by atoms with Crippen molar-refractivity contribution in [3.63, 3.8) is 0 Å². The van der Waals surface area contributed by atoms with Gasteiger partial charge in [-0.25, -0.2) is 0 Å². The average molecular weight is 589 g/mol. The smallest absolute Gasteiger partial charge is 0.0540 e. The summed E-state index contributed by atoms with van der Waals surface area (Å²) >= 11 is 3.64. The molecule has 1 nitrogen and oxygen atoms in total. The summed E-state index contributed by atoms with van der Waals surface area (Å²) < 4.78 is 1.06. The zero-order chi connectivity index (χ0) is 28.5. The molecule has 5 rings (SSSR count). The standard InChI is InChI=1S/C38H38BrN/c1-37(2,3)29-19-15-27(16-20-29)33-11-7-9-13-35(33)40(32-25-23-31(39)24-26-32)36-14-10-8-12-34(36)28-17-21-30(22-18-28)38(4,5)6/h7-26H,1-6H3. The molecule has 0 aliphatic rings. The van der Waals surface area contributed by atoms with E-state index in [-0.39, 0.29) is 10.8 Å². The first kappa shape index (κ1) is 27.9. The Balaban J connectivity index is 1.69. The van der Waals surface area contributed by atoms with Crippen LogP contribution in [0.5, 0.6) is 0 Å². The molecule has 0 saturated heterocycles. The van der Waals surface area contributed by atoms with Crippen molar-refractivity contribution in [2.45, 2.75) is 52.4 Å². The minimum atomic E-state index is 0.114. The maximum atomic E-state index is 3.64. The number of hydrogen-bond donors (Lipinski definition) is 0. The van der Waals surface area contributed by atoms with Gasteiger partial charge in [0.2, 0.25) is 0 Å². The predicted molar refractivity (Wildman–Crippen MR) is 177 cm³/mol. The van der Waals surface area contributed by atoms with Gasteiger partial charge in [0.25, 0.3) is 0 Å². The van der Waals surface area contributed by atoms with Crippen molar-refractivity contribution >= 4 is 33.0 Å². The van der Waals surface area contributed by atoms with Crippen LogP contribution >= 0.6 is 15.9 Å². The van der Waals surface area contributed by atoms with E-state index in [4.69, 9.17) is 0 Å². The molecule has 5 aromatic rings. The van der Waals surface area contributed by atoms with Gasteiger partial charge in [0.1, 0.15) is 0 Å². The molecular weight excluding hydrogens is 550 g/mol. The zero-order valence-electron chi connectivity index (χ0n) is 24.4. The van der Waals surface area contributed by atoms with Crippen molar-refractivity contribution in [1.82, 2.24) is 0 Å². The van der Waals surface area contributed by atoms with Crippen molar-refractivity contribution in [2.24, 2.45) is 0 Å². The van der Waals surface area contributed by atoms with Gasteiger partial charge in [-0.05, 0) is 69.5 Å². The Bertz CT molecular complexity index is 1480. The lowest BCUT2D eigenvalue weighted by molar-refractivity contribution is 0.590. The topological polar surface area (TPSA) is 3.24 Å². The Morgan fingerprint density at radius 2 is 0.825 bits per heavy atom. The van der Waals surface area contributed by atoms with Crippen LogP contribution in [0, 0.1) is 0 Å². The van der Waals surface area contributed by atoms with E-state index in [2.05, 4.69) is 184 Å². The second kappa shape index (κ2) is 11.1. The SMILES string of the molecule is CC(C)(C)c1ccc(-c2ccccc2N(c2ccc(Br)cc2)c2ccccc2-c2ccc(C(C)(C)C)cc2)cc1. The molecule has 0 amide bonds. The van der Waals surface area contributed by atoms with Crippen LogP contribution in [0.15, 0.2) is 126 Å². The van der Waals surface area contributed by atoms with Crippen molar-refractivity contribution in [3.8, 4) is 22.3 Å². The third kappa shape index (κ3) is 5.93. The molecule has 0 aliphatic heterocycles. The van der Waals surface area contributed by atoms with E-state index in [1.165, 1.54) is 33.4 Å². The Kier molecular flexibility index (Phi) is 7.75. The number of nitrogens with zero attached hydrogens (tertiary/aromatic N) is 1. The van der Waals surface area contributed by atoms with Gasteiger partial charge in [-0.2, -0.15) is 0 Å². The molecule has 0 spiro atoms. The highest BCUT2D eigenvalue weighted by Crippen LogP contribution is 2.45. The first-order valence-corrected chi connectivity index (χ1v) is 14.8. The summed E-state index contributed by atoms with van der Waals surface area (Å²) in [5.41, 5.74) is 11.1. The molecule has 2 heteroatoms. The van der Waals surface area contributed by atoms with Gasteiger partial charge in [0.15, 0.2) is 0 Å². The van der Waals surface area contributed by atoms with Crippen LogP contribution < -0.4 is 4.90 Å². The second-order valence-electron chi connectivity index (χ2n) is 12.5. The average Bonchev–Trinajstić information content (AvgIpc) is 2.94. The van der Waals surface area contributed by atoms with Crippen LogP contribution in [0.25, 0.3) is 22.3 Å². The highest BCUT2D eigenvalue weighted by Gasteiger charge is 2.21. The zero-order valence-corrected chi connectivity index (χ0v) is 26.0. The number of anilines is 3. The van der Waals surface area contributed by atoms with Gasteiger partial charge >= 0.3 is 0 Å². The molecule has 40 heavy (non-hydrogen) atoms. The number of halogens is 1. The van der Waals surface area contributed by atoms with E-state index in [1.807, 2.05) is 0 Å². The number of rotatable bonds is 5. The van der Waals surface area contributed by atoms with Gasteiger partial charge in [-0.1, -0.05) is 142 Å². The number of para-hydroxylation sites is 2. The minimum Gasteiger partial charge on any atom is -0.309 e. The molecule has 202 valence electrons. The van der Waals surface area contributed by atoms with E-state index in [1.54, 1.807) is 0 Å². The van der Waals surface area contributed by atoms with Gasteiger partial charge in [0, 0.05) is 21.3 Å². The molecule has 0 saturated carbocycles. The van der Waals surface area contributed by atoms with Crippen LogP contribution in [0.2, 0.25) is 0 Å². The first-order valence-electron chi connectivity index (χ1n) is 14.0. The third-order valence-electron chi connectivity index (χ3n) is 7.50. The van der Waals surface area contributed by atoms with Crippen molar-refractivity contribution < 1.29 is 0 Å². The molecule has 0 heterocycles. The second-order valence-corrected chi connectivity index (χ2v) is 13.4. The summed E-state index contributed by atoms with van der Waals surface area (Å²) in [6, 6.07) is 44.2. The summed E-state index contributed by atoms with van der Waals surface area (Å²) in [5.74, 6) is 0. The highest BCUT2D eigenvalue weighted by molar-refractivity contribution is 9.10. The lowest BCUT2D eigenvalue weighted by Gasteiger charge is -2.30. The normalized spacial score (nSPS) is 11.9. The largest absolute Gasteiger partial charge is 0.309 e. The quantitative estimate of drug-likeness (QED) is 0.197. The van der Waals surface area contributed by atoms with Crippen LogP contribution in [-0.4, -0.2) is 0 Å². The Labute approximate surface area is 248 Å². The van der Waals surface area contributed by atoms with Gasteiger partial charge in [0.05, 0.1) is 11.4 Å². The summed E-state index contributed by atoms with van der Waals surface area (Å²) in [6.45, 7) is 13.6.